The molecule has 2 rings (SSSR count). The highest BCUT2D eigenvalue weighted by Gasteiger charge is 2.40. The number of hydrogen-bond donors (Lipinski definition) is 1. The smallest absolute Gasteiger partial charge is 0.229 e. The predicted molar refractivity (Wildman–Crippen MR) is 65.2 cm³/mol. The monoisotopic (exact) mass is 224 g/mol. The molecule has 0 aromatic rings. The van der Waals surface area contributed by atoms with Crippen molar-refractivity contribution in [1.82, 2.24) is 10.2 Å². The quantitative estimate of drug-likeness (QED) is 0.787. The van der Waals surface area contributed by atoms with Crippen molar-refractivity contribution < 1.29 is 4.79 Å². The Balaban J connectivity index is 1.97. The lowest BCUT2D eigenvalue weighted by Gasteiger charge is -2.38. The van der Waals surface area contributed by atoms with Crippen molar-refractivity contribution in [3.8, 4) is 0 Å². The molecule has 2 aliphatic rings. The number of amides is 1. The van der Waals surface area contributed by atoms with Crippen LogP contribution in [0.5, 0.6) is 0 Å². The number of nitrogens with zero attached hydrogens (tertiary/aromatic N) is 1. The lowest BCUT2D eigenvalue weighted by molar-refractivity contribution is -0.142. The van der Waals surface area contributed by atoms with Crippen molar-refractivity contribution in [3.05, 3.63) is 0 Å². The molecule has 2 fully saturated rings. The molecule has 0 spiro atoms. The SMILES string of the molecule is CCC1(C(=O)N(C)CC2CC2)CCCNC1. The van der Waals surface area contributed by atoms with Crippen LogP contribution in [0.25, 0.3) is 0 Å². The number of piperidine rings is 1. The molecule has 1 amide bonds. The summed E-state index contributed by atoms with van der Waals surface area (Å²) in [6.45, 7) is 5.06. The molecule has 0 radical (unpaired) electrons. The summed E-state index contributed by atoms with van der Waals surface area (Å²) in [6, 6.07) is 0. The fraction of sp³-hybridized carbons (Fsp3) is 0.923. The fourth-order valence-electron chi connectivity index (χ4n) is 2.78. The minimum Gasteiger partial charge on any atom is -0.345 e. The average molecular weight is 224 g/mol. The van der Waals surface area contributed by atoms with Gasteiger partial charge in [0, 0.05) is 20.1 Å². The van der Waals surface area contributed by atoms with E-state index >= 15 is 0 Å². The van der Waals surface area contributed by atoms with Crippen LogP contribution in [-0.4, -0.2) is 37.5 Å². The third kappa shape index (κ3) is 2.40. The molecule has 1 atom stereocenters. The fourth-order valence-corrected chi connectivity index (χ4v) is 2.78. The molecule has 1 saturated heterocycles. The summed E-state index contributed by atoms with van der Waals surface area (Å²) in [5.41, 5.74) is -0.109. The van der Waals surface area contributed by atoms with Gasteiger partial charge in [0.15, 0.2) is 0 Å². The highest BCUT2D eigenvalue weighted by molar-refractivity contribution is 5.83. The second kappa shape index (κ2) is 4.74. The first-order valence-corrected chi connectivity index (χ1v) is 6.64. The van der Waals surface area contributed by atoms with E-state index in [2.05, 4.69) is 12.2 Å². The molecule has 1 saturated carbocycles. The normalized spacial score (nSPS) is 30.1. The van der Waals surface area contributed by atoms with Crippen molar-refractivity contribution in [2.75, 3.05) is 26.7 Å². The molecule has 3 heteroatoms. The Hall–Kier alpha value is -0.570. The van der Waals surface area contributed by atoms with Gasteiger partial charge in [-0.15, -0.1) is 0 Å². The maximum Gasteiger partial charge on any atom is 0.229 e. The zero-order valence-electron chi connectivity index (χ0n) is 10.6. The minimum absolute atomic E-state index is 0.109. The third-order valence-corrected chi connectivity index (χ3v) is 4.18. The van der Waals surface area contributed by atoms with Crippen LogP contribution in [0.4, 0.5) is 0 Å². The van der Waals surface area contributed by atoms with Crippen molar-refractivity contribution in [3.63, 3.8) is 0 Å². The maximum absolute atomic E-state index is 12.5. The Morgan fingerprint density at radius 3 is 2.75 bits per heavy atom. The van der Waals surface area contributed by atoms with Crippen molar-refractivity contribution in [2.45, 2.75) is 39.0 Å². The molecule has 3 nitrogen and oxygen atoms in total. The van der Waals surface area contributed by atoms with E-state index in [9.17, 15) is 4.79 Å². The molecule has 92 valence electrons. The summed E-state index contributed by atoms with van der Waals surface area (Å²) >= 11 is 0. The van der Waals surface area contributed by atoms with Crippen LogP contribution < -0.4 is 5.32 Å². The van der Waals surface area contributed by atoms with E-state index < -0.39 is 0 Å². The Labute approximate surface area is 98.6 Å². The van der Waals surface area contributed by atoms with E-state index in [-0.39, 0.29) is 5.41 Å². The van der Waals surface area contributed by atoms with Gasteiger partial charge in [0.1, 0.15) is 0 Å². The van der Waals surface area contributed by atoms with E-state index in [1.54, 1.807) is 0 Å². The Bertz CT molecular complexity index is 255. The van der Waals surface area contributed by atoms with E-state index in [1.165, 1.54) is 12.8 Å². The second-order valence-electron chi connectivity index (χ2n) is 5.54. The maximum atomic E-state index is 12.5. The van der Waals surface area contributed by atoms with Gasteiger partial charge in [-0.2, -0.15) is 0 Å². The first kappa shape index (κ1) is 11.9. The largest absolute Gasteiger partial charge is 0.345 e. The number of carbonyl (C=O) groups is 1. The summed E-state index contributed by atoms with van der Waals surface area (Å²) in [5, 5.41) is 3.38. The molecule has 1 N–H and O–H groups in total. The van der Waals surface area contributed by atoms with E-state index in [4.69, 9.17) is 0 Å². The van der Waals surface area contributed by atoms with Crippen LogP contribution in [0.15, 0.2) is 0 Å². The van der Waals surface area contributed by atoms with Crippen LogP contribution in [0.2, 0.25) is 0 Å². The zero-order valence-corrected chi connectivity index (χ0v) is 10.6. The Kier molecular flexibility index (Phi) is 3.53. The van der Waals surface area contributed by atoms with Crippen LogP contribution in [0, 0.1) is 11.3 Å². The van der Waals surface area contributed by atoms with Crippen molar-refractivity contribution >= 4 is 5.91 Å². The highest BCUT2D eigenvalue weighted by atomic mass is 16.2. The van der Waals surface area contributed by atoms with Crippen LogP contribution in [0.1, 0.15) is 39.0 Å². The molecule has 1 aliphatic carbocycles. The van der Waals surface area contributed by atoms with Gasteiger partial charge < -0.3 is 10.2 Å². The number of hydrogen-bond acceptors (Lipinski definition) is 2. The number of rotatable bonds is 4. The Morgan fingerprint density at radius 1 is 1.50 bits per heavy atom. The number of carbonyl (C=O) groups excluding carboxylic acids is 1. The first-order valence-electron chi connectivity index (χ1n) is 6.64. The molecular weight excluding hydrogens is 200 g/mol. The van der Waals surface area contributed by atoms with Gasteiger partial charge >= 0.3 is 0 Å². The standard InChI is InChI=1S/C13H24N2O/c1-3-13(7-4-8-14-10-13)12(16)15(2)9-11-5-6-11/h11,14H,3-10H2,1-2H3. The van der Waals surface area contributed by atoms with Crippen molar-refractivity contribution in [2.24, 2.45) is 11.3 Å². The summed E-state index contributed by atoms with van der Waals surface area (Å²) in [7, 11) is 1.98. The van der Waals surface area contributed by atoms with E-state index in [0.29, 0.717) is 5.91 Å². The summed E-state index contributed by atoms with van der Waals surface area (Å²) in [4.78, 5) is 14.5. The number of nitrogens with one attached hydrogen (secondary N) is 1. The first-order chi connectivity index (χ1) is 7.68. The second-order valence-corrected chi connectivity index (χ2v) is 5.54. The van der Waals surface area contributed by atoms with Crippen LogP contribution in [0.3, 0.4) is 0 Å². The molecule has 1 unspecified atom stereocenters. The van der Waals surface area contributed by atoms with Gasteiger partial charge in [0.2, 0.25) is 5.91 Å². The van der Waals surface area contributed by atoms with Gasteiger partial charge in [-0.05, 0) is 44.6 Å². The molecule has 16 heavy (non-hydrogen) atoms. The summed E-state index contributed by atoms with van der Waals surface area (Å²) < 4.78 is 0. The summed E-state index contributed by atoms with van der Waals surface area (Å²) in [6.07, 6.45) is 5.79. The van der Waals surface area contributed by atoms with Gasteiger partial charge in [-0.25, -0.2) is 0 Å². The molecule has 1 aliphatic heterocycles. The van der Waals surface area contributed by atoms with E-state index in [0.717, 1.165) is 44.8 Å². The minimum atomic E-state index is -0.109. The predicted octanol–water partition coefficient (Wildman–Crippen LogP) is 1.63. The summed E-state index contributed by atoms with van der Waals surface area (Å²) in [5.74, 6) is 1.16. The average Bonchev–Trinajstić information content (AvgIpc) is 3.12. The van der Waals surface area contributed by atoms with Crippen LogP contribution >= 0.6 is 0 Å². The van der Waals surface area contributed by atoms with Gasteiger partial charge in [-0.1, -0.05) is 6.92 Å². The molecule has 1 heterocycles. The lowest BCUT2D eigenvalue weighted by atomic mass is 9.77. The zero-order chi connectivity index (χ0) is 11.6. The van der Waals surface area contributed by atoms with Crippen molar-refractivity contribution in [1.29, 1.82) is 0 Å². The van der Waals surface area contributed by atoms with Gasteiger partial charge in [-0.3, -0.25) is 4.79 Å². The van der Waals surface area contributed by atoms with Crippen LogP contribution in [-0.2, 0) is 4.79 Å². The molecule has 0 aromatic heterocycles. The van der Waals surface area contributed by atoms with Gasteiger partial charge in [0.25, 0.3) is 0 Å². The Morgan fingerprint density at radius 2 is 2.25 bits per heavy atom. The third-order valence-electron chi connectivity index (χ3n) is 4.18. The molecular formula is C13H24N2O. The lowest BCUT2D eigenvalue weighted by Crippen LogP contribution is -2.51. The molecule has 0 bridgehead atoms. The highest BCUT2D eigenvalue weighted by Crippen LogP contribution is 2.34. The van der Waals surface area contributed by atoms with Gasteiger partial charge in [0.05, 0.1) is 5.41 Å². The van der Waals surface area contributed by atoms with E-state index in [1.807, 2.05) is 11.9 Å². The molecule has 0 aromatic carbocycles. The topological polar surface area (TPSA) is 32.3 Å².